The first-order valence-electron chi connectivity index (χ1n) is 9.74. The molecule has 2 bridgehead atoms. The number of nitrogens with zero attached hydrogens (tertiary/aromatic N) is 1. The lowest BCUT2D eigenvalue weighted by Gasteiger charge is -2.26. The van der Waals surface area contributed by atoms with Crippen molar-refractivity contribution >= 4 is 24.2 Å². The molecule has 31 heavy (non-hydrogen) atoms. The quantitative estimate of drug-likeness (QED) is 0.410. The van der Waals surface area contributed by atoms with Crippen LogP contribution >= 0.6 is 0 Å². The van der Waals surface area contributed by atoms with Crippen LogP contribution in [0.3, 0.4) is 0 Å². The predicted octanol–water partition coefficient (Wildman–Crippen LogP) is 3.50. The van der Waals surface area contributed by atoms with E-state index in [0.29, 0.717) is 5.70 Å². The number of aliphatic imine (C=N–C) groups is 1. The van der Waals surface area contributed by atoms with E-state index in [1.165, 1.54) is 14.2 Å². The van der Waals surface area contributed by atoms with Gasteiger partial charge in [0.25, 0.3) is 0 Å². The SMILES string of the molecule is COC(=O)C1=C(C(=O)OC)C2(/C(=C/c3ccccc3)N=Cc3ccccc3)C=CC1O2. The maximum Gasteiger partial charge on any atom is 0.338 e. The largest absolute Gasteiger partial charge is 0.466 e. The molecule has 2 aromatic rings. The number of hydrogen-bond donors (Lipinski definition) is 0. The zero-order valence-corrected chi connectivity index (χ0v) is 17.1. The van der Waals surface area contributed by atoms with Crippen LogP contribution in [0, 0.1) is 0 Å². The summed E-state index contributed by atoms with van der Waals surface area (Å²) in [4.78, 5) is 30.0. The van der Waals surface area contributed by atoms with Crippen LogP contribution in [0.1, 0.15) is 11.1 Å². The lowest BCUT2D eigenvalue weighted by Crippen LogP contribution is -2.34. The molecule has 4 rings (SSSR count). The molecule has 0 spiro atoms. The molecular weight excluding hydrogens is 394 g/mol. The van der Waals surface area contributed by atoms with Crippen LogP contribution in [0.5, 0.6) is 0 Å². The van der Waals surface area contributed by atoms with Gasteiger partial charge in [-0.15, -0.1) is 0 Å². The summed E-state index contributed by atoms with van der Waals surface area (Å²) in [7, 11) is 2.53. The van der Waals surface area contributed by atoms with Crippen molar-refractivity contribution in [2.45, 2.75) is 11.7 Å². The Balaban J connectivity index is 1.89. The van der Waals surface area contributed by atoms with Crippen LogP contribution in [0.15, 0.2) is 94.7 Å². The van der Waals surface area contributed by atoms with Gasteiger partial charge in [0, 0.05) is 6.21 Å². The molecule has 0 amide bonds. The fourth-order valence-corrected chi connectivity index (χ4v) is 3.74. The Morgan fingerprint density at radius 1 is 0.935 bits per heavy atom. The normalized spacial score (nSPS) is 22.3. The van der Waals surface area contributed by atoms with Crippen LogP contribution in [0.25, 0.3) is 6.08 Å². The minimum absolute atomic E-state index is 0.0849. The first kappa shape index (κ1) is 20.5. The Morgan fingerprint density at radius 3 is 2.16 bits per heavy atom. The van der Waals surface area contributed by atoms with E-state index < -0.39 is 23.6 Å². The molecule has 0 saturated carbocycles. The summed E-state index contributed by atoms with van der Waals surface area (Å²) in [5.74, 6) is -1.30. The fourth-order valence-electron chi connectivity index (χ4n) is 3.74. The molecule has 2 aliphatic rings. The number of fused-ring (bicyclic) bond motifs is 2. The Bertz CT molecular complexity index is 1120. The number of hydrogen-bond acceptors (Lipinski definition) is 6. The molecule has 2 aliphatic heterocycles. The summed E-state index contributed by atoms with van der Waals surface area (Å²) in [5, 5.41) is 0. The lowest BCUT2D eigenvalue weighted by molar-refractivity contribution is -0.139. The van der Waals surface area contributed by atoms with E-state index in [-0.39, 0.29) is 11.1 Å². The zero-order valence-electron chi connectivity index (χ0n) is 17.1. The molecule has 0 aliphatic carbocycles. The van der Waals surface area contributed by atoms with E-state index in [4.69, 9.17) is 19.2 Å². The number of benzene rings is 2. The third-order valence-corrected chi connectivity index (χ3v) is 5.17. The number of methoxy groups -OCH3 is 2. The number of carbonyl (C=O) groups is 2. The molecule has 0 aromatic heterocycles. The van der Waals surface area contributed by atoms with E-state index in [1.807, 2.05) is 66.7 Å². The van der Waals surface area contributed by atoms with Gasteiger partial charge in [-0.25, -0.2) is 9.59 Å². The topological polar surface area (TPSA) is 74.2 Å². The molecule has 2 unspecified atom stereocenters. The van der Waals surface area contributed by atoms with E-state index in [2.05, 4.69) is 0 Å². The molecule has 0 saturated heterocycles. The minimum Gasteiger partial charge on any atom is -0.466 e. The van der Waals surface area contributed by atoms with Gasteiger partial charge in [-0.2, -0.15) is 0 Å². The first-order valence-corrected chi connectivity index (χ1v) is 9.74. The highest BCUT2D eigenvalue weighted by atomic mass is 16.6. The van der Waals surface area contributed by atoms with Crippen molar-refractivity contribution in [3.63, 3.8) is 0 Å². The van der Waals surface area contributed by atoms with Crippen LogP contribution in [0.4, 0.5) is 0 Å². The summed E-state index contributed by atoms with van der Waals surface area (Å²) < 4.78 is 16.1. The van der Waals surface area contributed by atoms with Gasteiger partial charge in [0.1, 0.15) is 6.10 Å². The summed E-state index contributed by atoms with van der Waals surface area (Å²) in [6.07, 6.45) is 6.28. The van der Waals surface area contributed by atoms with Gasteiger partial charge in [0.05, 0.1) is 31.1 Å². The van der Waals surface area contributed by atoms with Crippen LogP contribution < -0.4 is 0 Å². The number of rotatable bonds is 6. The second-order valence-electron chi connectivity index (χ2n) is 7.01. The molecule has 2 atom stereocenters. The smallest absolute Gasteiger partial charge is 0.338 e. The van der Waals surface area contributed by atoms with Crippen molar-refractivity contribution in [3.05, 3.63) is 101 Å². The molecule has 0 fully saturated rings. The van der Waals surface area contributed by atoms with Gasteiger partial charge in [-0.1, -0.05) is 66.7 Å². The van der Waals surface area contributed by atoms with Gasteiger partial charge in [-0.05, 0) is 23.3 Å². The van der Waals surface area contributed by atoms with Gasteiger partial charge in [-0.3, -0.25) is 4.99 Å². The zero-order chi connectivity index (χ0) is 21.8. The highest BCUT2D eigenvalue weighted by Gasteiger charge is 2.56. The van der Waals surface area contributed by atoms with E-state index in [1.54, 1.807) is 18.4 Å². The van der Waals surface area contributed by atoms with Crippen molar-refractivity contribution in [3.8, 4) is 0 Å². The minimum atomic E-state index is -1.36. The van der Waals surface area contributed by atoms with Crippen LogP contribution in [-0.4, -0.2) is 44.1 Å². The van der Waals surface area contributed by atoms with Crippen molar-refractivity contribution < 1.29 is 23.8 Å². The number of esters is 2. The molecule has 6 heteroatoms. The third kappa shape index (κ3) is 3.73. The maximum atomic E-state index is 12.8. The monoisotopic (exact) mass is 415 g/mol. The van der Waals surface area contributed by atoms with Crippen LogP contribution in [-0.2, 0) is 23.8 Å². The summed E-state index contributed by atoms with van der Waals surface area (Å²) >= 11 is 0. The molecule has 2 aromatic carbocycles. The Labute approximate surface area is 180 Å². The molecule has 0 radical (unpaired) electrons. The summed E-state index contributed by atoms with van der Waals surface area (Å²) in [5.41, 5.74) is 1.05. The van der Waals surface area contributed by atoms with Crippen molar-refractivity contribution in [2.24, 2.45) is 4.99 Å². The Hall–Kier alpha value is -3.77. The second kappa shape index (κ2) is 8.53. The lowest BCUT2D eigenvalue weighted by atomic mass is 9.83. The van der Waals surface area contributed by atoms with E-state index >= 15 is 0 Å². The van der Waals surface area contributed by atoms with Gasteiger partial charge in [0.2, 0.25) is 0 Å². The van der Waals surface area contributed by atoms with E-state index in [9.17, 15) is 9.59 Å². The fraction of sp³-hybridized carbons (Fsp3) is 0.160. The summed E-state index contributed by atoms with van der Waals surface area (Å²) in [6, 6.07) is 19.1. The average Bonchev–Trinajstić information content (AvgIpc) is 3.40. The van der Waals surface area contributed by atoms with Crippen molar-refractivity contribution in [1.82, 2.24) is 0 Å². The second-order valence-corrected chi connectivity index (χ2v) is 7.01. The Morgan fingerprint density at radius 2 is 1.55 bits per heavy atom. The Kier molecular flexibility index (Phi) is 5.64. The standard InChI is InChI=1S/C25H21NO5/c1-29-23(27)21-19-13-14-25(31-19,22(21)24(28)30-2)20(15-17-9-5-3-6-10-17)26-16-18-11-7-4-8-12-18/h3-16,19H,1-2H3/b20-15-,26-16?. The third-order valence-electron chi connectivity index (χ3n) is 5.17. The molecule has 0 N–H and O–H groups in total. The molecule has 6 nitrogen and oxygen atoms in total. The maximum absolute atomic E-state index is 12.8. The van der Waals surface area contributed by atoms with Gasteiger partial charge < -0.3 is 14.2 Å². The average molecular weight is 415 g/mol. The number of carbonyl (C=O) groups excluding carboxylic acids is 2. The van der Waals surface area contributed by atoms with Crippen molar-refractivity contribution in [1.29, 1.82) is 0 Å². The molecule has 2 heterocycles. The van der Waals surface area contributed by atoms with Gasteiger partial charge >= 0.3 is 11.9 Å². The van der Waals surface area contributed by atoms with E-state index in [0.717, 1.165) is 11.1 Å². The van der Waals surface area contributed by atoms with Gasteiger partial charge in [0.15, 0.2) is 5.60 Å². The van der Waals surface area contributed by atoms with Crippen molar-refractivity contribution in [2.75, 3.05) is 14.2 Å². The highest BCUT2D eigenvalue weighted by Crippen LogP contribution is 2.49. The first-order chi connectivity index (χ1) is 15.1. The molecule has 156 valence electrons. The molecular formula is C25H21NO5. The van der Waals surface area contributed by atoms with Crippen LogP contribution in [0.2, 0.25) is 0 Å². The highest BCUT2D eigenvalue weighted by molar-refractivity contribution is 6.06. The predicted molar refractivity (Wildman–Crippen MR) is 116 cm³/mol. The number of ether oxygens (including phenoxy) is 3. The summed E-state index contributed by atoms with van der Waals surface area (Å²) in [6.45, 7) is 0.